The summed E-state index contributed by atoms with van der Waals surface area (Å²) >= 11 is 0. The van der Waals surface area contributed by atoms with E-state index < -0.39 is 5.60 Å². The molecule has 1 aliphatic rings. The molecule has 39 heavy (non-hydrogen) atoms. The molecule has 0 amide bonds. The van der Waals surface area contributed by atoms with E-state index in [9.17, 15) is 4.79 Å². The van der Waals surface area contributed by atoms with E-state index in [0.717, 1.165) is 48.1 Å². The highest BCUT2D eigenvalue weighted by atomic mass is 16.6. The highest BCUT2D eigenvalue weighted by molar-refractivity contribution is 5.98. The van der Waals surface area contributed by atoms with Crippen molar-refractivity contribution in [1.29, 1.82) is 0 Å². The molecule has 1 aliphatic heterocycles. The first kappa shape index (κ1) is 27.1. The van der Waals surface area contributed by atoms with Crippen LogP contribution < -0.4 is 4.90 Å². The Kier molecular flexibility index (Phi) is 8.11. The van der Waals surface area contributed by atoms with Gasteiger partial charge in [0.25, 0.3) is 0 Å². The molecule has 4 aromatic rings. The van der Waals surface area contributed by atoms with Crippen molar-refractivity contribution in [1.82, 2.24) is 4.57 Å². The quantitative estimate of drug-likeness (QED) is 0.138. The molecule has 0 fully saturated rings. The van der Waals surface area contributed by atoms with Gasteiger partial charge in [-0.1, -0.05) is 87.6 Å². The monoisotopic (exact) mass is 522 g/mol. The fourth-order valence-corrected chi connectivity index (χ4v) is 6.47. The molecule has 4 heteroatoms. The van der Waals surface area contributed by atoms with E-state index in [-0.39, 0.29) is 5.97 Å². The van der Waals surface area contributed by atoms with Gasteiger partial charge in [-0.3, -0.25) is 0 Å². The van der Waals surface area contributed by atoms with Crippen LogP contribution in [0.1, 0.15) is 92.0 Å². The smallest absolute Gasteiger partial charge is 0.340 e. The Balaban J connectivity index is 1.66. The van der Waals surface area contributed by atoms with Gasteiger partial charge in [-0.15, -0.1) is 0 Å². The molecule has 0 bridgehead atoms. The van der Waals surface area contributed by atoms with Gasteiger partial charge in [0.1, 0.15) is 0 Å². The number of aryl methyl sites for hydroxylation is 1. The molecule has 0 radical (unpaired) electrons. The fraction of sp³-hybridized carbons (Fsp3) is 0.400. The zero-order valence-electron chi connectivity index (χ0n) is 24.0. The number of rotatable bonds is 12. The Morgan fingerprint density at radius 1 is 0.795 bits per heavy atom. The number of hydrogen-bond donors (Lipinski definition) is 0. The minimum atomic E-state index is -0.995. The summed E-state index contributed by atoms with van der Waals surface area (Å²) in [7, 11) is 0. The molecule has 0 saturated heterocycles. The summed E-state index contributed by atoms with van der Waals surface area (Å²) in [5.74, 6) is -0.259. The molecule has 204 valence electrons. The Hall–Kier alpha value is -3.53. The Morgan fingerprint density at radius 3 is 2.21 bits per heavy atom. The first-order chi connectivity index (χ1) is 19.1. The predicted octanol–water partition coefficient (Wildman–Crippen LogP) is 8.62. The van der Waals surface area contributed by atoms with E-state index in [1.54, 1.807) is 0 Å². The van der Waals surface area contributed by atoms with Crippen molar-refractivity contribution >= 4 is 22.6 Å². The van der Waals surface area contributed by atoms with E-state index in [1.807, 2.05) is 18.2 Å². The molecule has 3 aromatic carbocycles. The van der Waals surface area contributed by atoms with Crippen molar-refractivity contribution in [3.8, 4) is 0 Å². The molecular weight excluding hydrogens is 480 g/mol. The Labute approximate surface area is 233 Å². The Morgan fingerprint density at radius 2 is 1.46 bits per heavy atom. The number of benzene rings is 3. The standard InChI is InChI=1S/C35H42N2O2/c1-5-8-9-10-11-16-25-37-26(4)33(30-18-13-15-20-32(30)37)35(31-19-14-12-17-29(31)34(38)39-35)27-21-23-28(24-22-27)36(6-2)7-3/h12-15,17-24H,5-11,16,25H2,1-4H3. The van der Waals surface area contributed by atoms with Crippen LogP contribution in [0.5, 0.6) is 0 Å². The highest BCUT2D eigenvalue weighted by Gasteiger charge is 2.50. The highest BCUT2D eigenvalue weighted by Crippen LogP contribution is 2.51. The van der Waals surface area contributed by atoms with Crippen LogP contribution in [0.25, 0.3) is 10.9 Å². The number of hydrogen-bond acceptors (Lipinski definition) is 3. The molecule has 1 unspecified atom stereocenters. The third-order valence-corrected chi connectivity index (χ3v) is 8.49. The number of cyclic esters (lactones) is 1. The third kappa shape index (κ3) is 4.75. The van der Waals surface area contributed by atoms with Crippen molar-refractivity contribution in [2.45, 2.75) is 78.4 Å². The van der Waals surface area contributed by atoms with Crippen molar-refractivity contribution in [2.24, 2.45) is 0 Å². The van der Waals surface area contributed by atoms with Crippen LogP contribution in [0, 0.1) is 6.92 Å². The van der Waals surface area contributed by atoms with Gasteiger partial charge < -0.3 is 14.2 Å². The van der Waals surface area contributed by atoms with Gasteiger partial charge in [-0.05, 0) is 51.5 Å². The second-order valence-electron chi connectivity index (χ2n) is 10.7. The van der Waals surface area contributed by atoms with E-state index in [1.165, 1.54) is 49.0 Å². The maximum Gasteiger partial charge on any atom is 0.340 e. The fourth-order valence-electron chi connectivity index (χ4n) is 6.47. The number of carbonyl (C=O) groups is 1. The predicted molar refractivity (Wildman–Crippen MR) is 162 cm³/mol. The number of fused-ring (bicyclic) bond motifs is 2. The average Bonchev–Trinajstić information content (AvgIpc) is 3.42. The summed E-state index contributed by atoms with van der Waals surface area (Å²) in [6, 6.07) is 25.2. The topological polar surface area (TPSA) is 34.5 Å². The molecule has 0 N–H and O–H groups in total. The van der Waals surface area contributed by atoms with E-state index >= 15 is 0 Å². The number of esters is 1. The van der Waals surface area contributed by atoms with Gasteiger partial charge in [0.15, 0.2) is 5.60 Å². The van der Waals surface area contributed by atoms with Crippen LogP contribution in [0.15, 0.2) is 72.8 Å². The minimum absolute atomic E-state index is 0.259. The van der Waals surface area contributed by atoms with Gasteiger partial charge in [-0.2, -0.15) is 0 Å². The van der Waals surface area contributed by atoms with Gasteiger partial charge in [-0.25, -0.2) is 4.79 Å². The Bertz CT molecular complexity index is 1430. The molecule has 5 rings (SSSR count). The lowest BCUT2D eigenvalue weighted by atomic mass is 9.78. The maximum atomic E-state index is 13.4. The van der Waals surface area contributed by atoms with Gasteiger partial charge in [0.2, 0.25) is 0 Å². The second kappa shape index (κ2) is 11.7. The second-order valence-corrected chi connectivity index (χ2v) is 10.7. The first-order valence-corrected chi connectivity index (χ1v) is 14.8. The number of unbranched alkanes of at least 4 members (excludes halogenated alkanes) is 5. The molecular formula is C35H42N2O2. The zero-order valence-corrected chi connectivity index (χ0v) is 24.0. The summed E-state index contributed by atoms with van der Waals surface area (Å²) in [6.07, 6.45) is 7.56. The zero-order chi connectivity index (χ0) is 27.4. The summed E-state index contributed by atoms with van der Waals surface area (Å²) in [5.41, 5.74) is 6.21. The van der Waals surface area contributed by atoms with Crippen molar-refractivity contribution < 1.29 is 9.53 Å². The summed E-state index contributed by atoms with van der Waals surface area (Å²) in [4.78, 5) is 15.7. The maximum absolute atomic E-state index is 13.4. The van der Waals surface area contributed by atoms with Gasteiger partial charge >= 0.3 is 5.97 Å². The largest absolute Gasteiger partial charge is 0.440 e. The molecule has 0 spiro atoms. The molecule has 0 saturated carbocycles. The van der Waals surface area contributed by atoms with Crippen LogP contribution >= 0.6 is 0 Å². The molecule has 2 heterocycles. The van der Waals surface area contributed by atoms with Crippen molar-refractivity contribution in [3.63, 3.8) is 0 Å². The summed E-state index contributed by atoms with van der Waals surface area (Å²) < 4.78 is 9.00. The number of para-hydroxylation sites is 1. The summed E-state index contributed by atoms with van der Waals surface area (Å²) in [5, 5.41) is 1.15. The summed E-state index contributed by atoms with van der Waals surface area (Å²) in [6.45, 7) is 11.7. The first-order valence-electron chi connectivity index (χ1n) is 14.8. The number of anilines is 1. The average molecular weight is 523 g/mol. The van der Waals surface area contributed by atoms with E-state index in [0.29, 0.717) is 5.56 Å². The van der Waals surface area contributed by atoms with Crippen LogP contribution in [-0.4, -0.2) is 23.6 Å². The number of ether oxygens (including phenoxy) is 1. The minimum Gasteiger partial charge on any atom is -0.440 e. The lowest BCUT2D eigenvalue weighted by Gasteiger charge is -2.31. The van der Waals surface area contributed by atoms with Gasteiger partial charge in [0, 0.05) is 58.6 Å². The SMILES string of the molecule is CCCCCCCCn1c(C)c(C2(c3ccc(N(CC)CC)cc3)OC(=O)c3ccccc32)c2ccccc21. The molecule has 1 atom stereocenters. The van der Waals surface area contributed by atoms with Crippen LogP contribution in [-0.2, 0) is 16.9 Å². The third-order valence-electron chi connectivity index (χ3n) is 8.49. The number of aromatic nitrogens is 1. The number of nitrogens with zero attached hydrogens (tertiary/aromatic N) is 2. The normalized spacial score (nSPS) is 16.5. The molecule has 1 aromatic heterocycles. The van der Waals surface area contributed by atoms with Crippen LogP contribution in [0.4, 0.5) is 5.69 Å². The number of carbonyl (C=O) groups excluding carboxylic acids is 1. The van der Waals surface area contributed by atoms with E-state index in [4.69, 9.17) is 4.74 Å². The van der Waals surface area contributed by atoms with Crippen molar-refractivity contribution in [3.05, 3.63) is 101 Å². The lowest BCUT2D eigenvalue weighted by molar-refractivity contribution is 0.0253. The van der Waals surface area contributed by atoms with Crippen LogP contribution in [0.3, 0.4) is 0 Å². The molecule has 0 aliphatic carbocycles. The van der Waals surface area contributed by atoms with E-state index in [2.05, 4.69) is 91.8 Å². The van der Waals surface area contributed by atoms with Crippen molar-refractivity contribution in [2.75, 3.05) is 18.0 Å². The van der Waals surface area contributed by atoms with Crippen LogP contribution in [0.2, 0.25) is 0 Å². The van der Waals surface area contributed by atoms with Gasteiger partial charge in [0.05, 0.1) is 5.56 Å². The molecule has 4 nitrogen and oxygen atoms in total. The lowest BCUT2D eigenvalue weighted by Crippen LogP contribution is -2.30.